The van der Waals surface area contributed by atoms with Gasteiger partial charge in [-0.15, -0.1) is 0 Å². The van der Waals surface area contributed by atoms with Crippen LogP contribution in [0.25, 0.3) is 0 Å². The predicted octanol–water partition coefficient (Wildman–Crippen LogP) is 3.67. The third-order valence-corrected chi connectivity index (χ3v) is 3.58. The number of benzene rings is 1. The number of hydrogen-bond acceptors (Lipinski definition) is 3. The van der Waals surface area contributed by atoms with Gasteiger partial charge in [0, 0.05) is 23.7 Å². The first-order valence-electron chi connectivity index (χ1n) is 6.88. The SMILES string of the molecule is CCNCc1ccoc1CN(C)Cc1ccccc1Cl. The van der Waals surface area contributed by atoms with Crippen molar-refractivity contribution in [3.8, 4) is 0 Å². The summed E-state index contributed by atoms with van der Waals surface area (Å²) in [5.41, 5.74) is 2.36. The highest BCUT2D eigenvalue weighted by Gasteiger charge is 2.10. The zero-order valence-electron chi connectivity index (χ0n) is 12.0. The van der Waals surface area contributed by atoms with E-state index in [0.29, 0.717) is 0 Å². The summed E-state index contributed by atoms with van der Waals surface area (Å²) in [5, 5.41) is 4.14. The van der Waals surface area contributed by atoms with Crippen molar-refractivity contribution in [1.82, 2.24) is 10.2 Å². The van der Waals surface area contributed by atoms with E-state index in [2.05, 4.69) is 30.3 Å². The molecule has 108 valence electrons. The van der Waals surface area contributed by atoms with E-state index in [0.717, 1.165) is 42.5 Å². The summed E-state index contributed by atoms with van der Waals surface area (Å²) in [6.45, 7) is 5.49. The minimum Gasteiger partial charge on any atom is -0.468 e. The maximum absolute atomic E-state index is 6.19. The van der Waals surface area contributed by atoms with E-state index < -0.39 is 0 Å². The lowest BCUT2D eigenvalue weighted by atomic mass is 10.2. The molecule has 2 aromatic rings. The van der Waals surface area contributed by atoms with Crippen LogP contribution in [-0.2, 0) is 19.6 Å². The smallest absolute Gasteiger partial charge is 0.122 e. The van der Waals surface area contributed by atoms with Gasteiger partial charge in [0.1, 0.15) is 5.76 Å². The largest absolute Gasteiger partial charge is 0.468 e. The molecule has 1 aromatic carbocycles. The van der Waals surface area contributed by atoms with Gasteiger partial charge in [-0.3, -0.25) is 4.90 Å². The fourth-order valence-corrected chi connectivity index (χ4v) is 2.34. The van der Waals surface area contributed by atoms with Crippen molar-refractivity contribution < 1.29 is 4.42 Å². The van der Waals surface area contributed by atoms with Gasteiger partial charge in [0.25, 0.3) is 0 Å². The minimum absolute atomic E-state index is 0.777. The van der Waals surface area contributed by atoms with E-state index in [1.807, 2.05) is 24.3 Å². The van der Waals surface area contributed by atoms with Crippen LogP contribution in [0.4, 0.5) is 0 Å². The minimum atomic E-state index is 0.777. The van der Waals surface area contributed by atoms with Gasteiger partial charge in [-0.1, -0.05) is 36.7 Å². The molecule has 3 nitrogen and oxygen atoms in total. The Kier molecular flexibility index (Phi) is 5.65. The van der Waals surface area contributed by atoms with Gasteiger partial charge in [-0.25, -0.2) is 0 Å². The maximum atomic E-state index is 6.19. The van der Waals surface area contributed by atoms with Crippen LogP contribution in [0.15, 0.2) is 41.0 Å². The molecule has 2 rings (SSSR count). The molecule has 0 aliphatic rings. The lowest BCUT2D eigenvalue weighted by Gasteiger charge is -2.17. The van der Waals surface area contributed by atoms with Crippen molar-refractivity contribution in [2.45, 2.75) is 26.6 Å². The molecule has 0 radical (unpaired) electrons. The highest BCUT2D eigenvalue weighted by Crippen LogP contribution is 2.18. The Morgan fingerprint density at radius 2 is 1.95 bits per heavy atom. The molecule has 0 atom stereocenters. The molecule has 0 bridgehead atoms. The van der Waals surface area contributed by atoms with Gasteiger partial charge >= 0.3 is 0 Å². The third kappa shape index (κ3) is 4.10. The number of hydrogen-bond donors (Lipinski definition) is 1. The van der Waals surface area contributed by atoms with Crippen LogP contribution in [0, 0.1) is 0 Å². The first-order valence-corrected chi connectivity index (χ1v) is 7.26. The van der Waals surface area contributed by atoms with Crippen molar-refractivity contribution in [2.24, 2.45) is 0 Å². The fourth-order valence-electron chi connectivity index (χ4n) is 2.14. The molecule has 0 saturated carbocycles. The van der Waals surface area contributed by atoms with Gasteiger partial charge in [-0.05, 0) is 31.3 Å². The van der Waals surface area contributed by atoms with E-state index in [1.54, 1.807) is 6.26 Å². The Bertz CT molecular complexity index is 539. The zero-order chi connectivity index (χ0) is 14.4. The monoisotopic (exact) mass is 292 g/mol. The molecule has 0 saturated heterocycles. The summed E-state index contributed by atoms with van der Waals surface area (Å²) in [6.07, 6.45) is 1.76. The molecule has 1 heterocycles. The first kappa shape index (κ1) is 15.1. The molecular formula is C16H21ClN2O. The summed E-state index contributed by atoms with van der Waals surface area (Å²) < 4.78 is 5.59. The van der Waals surface area contributed by atoms with E-state index >= 15 is 0 Å². The molecule has 0 unspecified atom stereocenters. The molecule has 4 heteroatoms. The average molecular weight is 293 g/mol. The van der Waals surface area contributed by atoms with Crippen LogP contribution in [0.3, 0.4) is 0 Å². The lowest BCUT2D eigenvalue weighted by Crippen LogP contribution is -2.19. The van der Waals surface area contributed by atoms with Crippen LogP contribution in [0.2, 0.25) is 5.02 Å². The van der Waals surface area contributed by atoms with E-state index in [1.165, 1.54) is 5.56 Å². The number of nitrogens with zero attached hydrogens (tertiary/aromatic N) is 1. The molecule has 0 spiro atoms. The number of furan rings is 1. The summed E-state index contributed by atoms with van der Waals surface area (Å²) >= 11 is 6.19. The molecule has 20 heavy (non-hydrogen) atoms. The molecule has 0 aliphatic carbocycles. The maximum Gasteiger partial charge on any atom is 0.122 e. The summed E-state index contributed by atoms with van der Waals surface area (Å²) in [6, 6.07) is 9.97. The number of nitrogens with one attached hydrogen (secondary N) is 1. The molecule has 1 aromatic heterocycles. The summed E-state index contributed by atoms with van der Waals surface area (Å²) in [4.78, 5) is 2.20. The Balaban J connectivity index is 1.96. The standard InChI is InChI=1S/C16H21ClN2O/c1-3-18-10-13-8-9-20-16(13)12-19(2)11-14-6-4-5-7-15(14)17/h4-9,18H,3,10-12H2,1-2H3. The topological polar surface area (TPSA) is 28.4 Å². The van der Waals surface area contributed by atoms with Crippen molar-refractivity contribution >= 4 is 11.6 Å². The van der Waals surface area contributed by atoms with Crippen LogP contribution in [0.1, 0.15) is 23.8 Å². The second-order valence-electron chi connectivity index (χ2n) is 4.91. The average Bonchev–Trinajstić information content (AvgIpc) is 2.86. The molecule has 0 fully saturated rings. The van der Waals surface area contributed by atoms with Gasteiger partial charge < -0.3 is 9.73 Å². The van der Waals surface area contributed by atoms with Crippen LogP contribution in [0.5, 0.6) is 0 Å². The zero-order valence-corrected chi connectivity index (χ0v) is 12.8. The molecule has 0 amide bonds. The number of halogens is 1. The molecule has 1 N–H and O–H groups in total. The highest BCUT2D eigenvalue weighted by molar-refractivity contribution is 6.31. The van der Waals surface area contributed by atoms with Crippen molar-refractivity contribution in [3.05, 3.63) is 58.5 Å². The fraction of sp³-hybridized carbons (Fsp3) is 0.375. The quantitative estimate of drug-likeness (QED) is 0.844. The van der Waals surface area contributed by atoms with Gasteiger partial charge in [0.15, 0.2) is 0 Å². The van der Waals surface area contributed by atoms with E-state index in [9.17, 15) is 0 Å². The highest BCUT2D eigenvalue weighted by atomic mass is 35.5. The normalized spacial score (nSPS) is 11.2. The molecule has 0 aliphatic heterocycles. The van der Waals surface area contributed by atoms with Gasteiger partial charge in [0.2, 0.25) is 0 Å². The third-order valence-electron chi connectivity index (χ3n) is 3.21. The Morgan fingerprint density at radius 3 is 2.70 bits per heavy atom. The molecular weight excluding hydrogens is 272 g/mol. The Morgan fingerprint density at radius 1 is 1.15 bits per heavy atom. The summed E-state index contributed by atoms with van der Waals surface area (Å²) in [7, 11) is 2.07. The first-order chi connectivity index (χ1) is 9.70. The van der Waals surface area contributed by atoms with E-state index in [4.69, 9.17) is 16.0 Å². The number of rotatable bonds is 7. The van der Waals surface area contributed by atoms with Gasteiger partial charge in [-0.2, -0.15) is 0 Å². The second kappa shape index (κ2) is 7.48. The Labute approximate surface area is 125 Å². The van der Waals surface area contributed by atoms with Crippen molar-refractivity contribution in [2.75, 3.05) is 13.6 Å². The van der Waals surface area contributed by atoms with Crippen LogP contribution >= 0.6 is 11.6 Å². The Hall–Kier alpha value is -1.29. The van der Waals surface area contributed by atoms with E-state index in [-0.39, 0.29) is 0 Å². The van der Waals surface area contributed by atoms with Crippen molar-refractivity contribution in [1.29, 1.82) is 0 Å². The predicted molar refractivity (Wildman–Crippen MR) is 82.7 cm³/mol. The van der Waals surface area contributed by atoms with Crippen LogP contribution < -0.4 is 5.32 Å². The summed E-state index contributed by atoms with van der Waals surface area (Å²) in [5.74, 6) is 1.01. The lowest BCUT2D eigenvalue weighted by molar-refractivity contribution is 0.286. The van der Waals surface area contributed by atoms with Crippen molar-refractivity contribution in [3.63, 3.8) is 0 Å². The van der Waals surface area contributed by atoms with Crippen LogP contribution in [-0.4, -0.2) is 18.5 Å². The van der Waals surface area contributed by atoms with Gasteiger partial charge in [0.05, 0.1) is 12.8 Å². The second-order valence-corrected chi connectivity index (χ2v) is 5.32.